The van der Waals surface area contributed by atoms with Crippen LogP contribution in [0.25, 0.3) is 0 Å². The van der Waals surface area contributed by atoms with Gasteiger partial charge in [0.1, 0.15) is 5.60 Å². The number of rotatable bonds is 2. The van der Waals surface area contributed by atoms with Gasteiger partial charge in [-0.25, -0.2) is 0 Å². The highest BCUT2D eigenvalue weighted by atomic mass is 16.7. The third-order valence-electron chi connectivity index (χ3n) is 6.83. The van der Waals surface area contributed by atoms with Gasteiger partial charge in [0.05, 0.1) is 19.8 Å². The fourth-order valence-electron chi connectivity index (χ4n) is 5.37. The maximum absolute atomic E-state index is 12.0. The topological polar surface area (TPSA) is 60.4 Å². The lowest BCUT2D eigenvalue weighted by molar-refractivity contribution is -0.0985. The Morgan fingerprint density at radius 1 is 1.07 bits per heavy atom. The van der Waals surface area contributed by atoms with Crippen LogP contribution in [0.2, 0.25) is 0 Å². The van der Waals surface area contributed by atoms with Gasteiger partial charge >= 0.3 is 0 Å². The molecule has 1 aliphatic carbocycles. The van der Waals surface area contributed by atoms with Crippen LogP contribution in [0.1, 0.15) is 29.2 Å². The van der Waals surface area contributed by atoms with Crippen molar-refractivity contribution in [2.24, 2.45) is 0 Å². The second-order valence-electron chi connectivity index (χ2n) is 7.97. The molecular weight excluding hydrogens is 358 g/mol. The van der Waals surface area contributed by atoms with E-state index in [2.05, 4.69) is 11.9 Å². The van der Waals surface area contributed by atoms with Crippen molar-refractivity contribution in [3.8, 4) is 23.0 Å². The molecule has 148 valence electrons. The monoisotopic (exact) mass is 383 g/mol. The molecule has 0 aromatic heterocycles. The number of hydrogen-bond acceptors (Lipinski definition) is 6. The Morgan fingerprint density at radius 3 is 2.57 bits per heavy atom. The summed E-state index contributed by atoms with van der Waals surface area (Å²) in [5, 5.41) is 12.0. The van der Waals surface area contributed by atoms with Gasteiger partial charge in [-0.15, -0.1) is 0 Å². The van der Waals surface area contributed by atoms with Crippen molar-refractivity contribution in [3.05, 3.63) is 46.5 Å². The molecule has 6 heteroatoms. The van der Waals surface area contributed by atoms with Crippen LogP contribution in [0, 0.1) is 0 Å². The lowest BCUT2D eigenvalue weighted by Crippen LogP contribution is -2.58. The Labute approximate surface area is 164 Å². The molecule has 2 aromatic carbocycles. The van der Waals surface area contributed by atoms with Gasteiger partial charge in [-0.3, -0.25) is 4.90 Å². The van der Waals surface area contributed by atoms with Gasteiger partial charge in [-0.05, 0) is 55.3 Å². The summed E-state index contributed by atoms with van der Waals surface area (Å²) in [6.45, 7) is 2.97. The standard InChI is InChI=1S/C22H25NO5/c1-21(24)15-5-6-17-20(28-12-27-17)14(15)11-22(21)16-10-19(26-4)18(25-3)9-13(16)7-8-23(22)2/h5-6,9-10,24H,7-8,11-12H2,1-4H3/t21-,22-/m1/s1. The normalized spacial score (nSPS) is 27.6. The van der Waals surface area contributed by atoms with Crippen LogP contribution in [0.15, 0.2) is 24.3 Å². The number of hydrogen-bond donors (Lipinski definition) is 1. The number of methoxy groups -OCH3 is 2. The van der Waals surface area contributed by atoms with E-state index in [0.717, 1.165) is 41.2 Å². The maximum Gasteiger partial charge on any atom is 0.231 e. The van der Waals surface area contributed by atoms with Crippen LogP contribution in [0.4, 0.5) is 0 Å². The average molecular weight is 383 g/mol. The number of ether oxygens (including phenoxy) is 4. The van der Waals surface area contributed by atoms with Crippen LogP contribution in [0.5, 0.6) is 23.0 Å². The van der Waals surface area contributed by atoms with Crippen LogP contribution in [0.3, 0.4) is 0 Å². The molecule has 5 rings (SSSR count). The third kappa shape index (κ3) is 1.99. The van der Waals surface area contributed by atoms with Gasteiger partial charge in [0, 0.05) is 18.5 Å². The van der Waals surface area contributed by atoms with Crippen molar-refractivity contribution in [1.82, 2.24) is 4.90 Å². The minimum Gasteiger partial charge on any atom is -0.493 e. The van der Waals surface area contributed by atoms with Gasteiger partial charge in [-0.1, -0.05) is 6.07 Å². The van der Waals surface area contributed by atoms with Crippen molar-refractivity contribution < 1.29 is 24.1 Å². The van der Waals surface area contributed by atoms with E-state index in [1.807, 2.05) is 31.2 Å². The first kappa shape index (κ1) is 17.6. The Kier molecular flexibility index (Phi) is 3.64. The molecule has 0 unspecified atom stereocenters. The van der Waals surface area contributed by atoms with Gasteiger partial charge < -0.3 is 24.1 Å². The van der Waals surface area contributed by atoms with Gasteiger partial charge in [0.25, 0.3) is 0 Å². The first-order chi connectivity index (χ1) is 13.4. The second-order valence-corrected chi connectivity index (χ2v) is 7.97. The lowest BCUT2D eigenvalue weighted by atomic mass is 9.70. The molecule has 0 amide bonds. The zero-order valence-corrected chi connectivity index (χ0v) is 16.7. The fraction of sp³-hybridized carbons (Fsp3) is 0.455. The quantitative estimate of drug-likeness (QED) is 0.860. The molecule has 2 heterocycles. The number of likely N-dealkylation sites (N-methyl/N-ethyl adjacent to an activating group) is 1. The van der Waals surface area contributed by atoms with Crippen LogP contribution >= 0.6 is 0 Å². The maximum atomic E-state index is 12.0. The zero-order chi connectivity index (χ0) is 19.7. The SMILES string of the molecule is COc1cc2c(cc1OC)[C@@]1(Cc3c(ccc4c3OCO4)[C@@]1(C)O)N(C)CC2. The first-order valence-corrected chi connectivity index (χ1v) is 9.55. The van der Waals surface area contributed by atoms with E-state index in [1.165, 1.54) is 5.56 Å². The average Bonchev–Trinajstić information content (AvgIpc) is 3.25. The molecule has 2 atom stereocenters. The summed E-state index contributed by atoms with van der Waals surface area (Å²) >= 11 is 0. The molecule has 0 bridgehead atoms. The van der Waals surface area contributed by atoms with Crippen LogP contribution in [-0.2, 0) is 24.0 Å². The van der Waals surface area contributed by atoms with Crippen molar-refractivity contribution in [1.29, 1.82) is 0 Å². The highest BCUT2D eigenvalue weighted by Crippen LogP contribution is 2.59. The molecule has 0 radical (unpaired) electrons. The summed E-state index contributed by atoms with van der Waals surface area (Å²) in [5.74, 6) is 2.90. The summed E-state index contributed by atoms with van der Waals surface area (Å²) in [7, 11) is 5.37. The molecule has 28 heavy (non-hydrogen) atoms. The molecule has 3 aliphatic rings. The van der Waals surface area contributed by atoms with Crippen molar-refractivity contribution >= 4 is 0 Å². The van der Waals surface area contributed by atoms with E-state index in [-0.39, 0.29) is 6.79 Å². The molecule has 0 fully saturated rings. The molecule has 0 saturated heterocycles. The minimum absolute atomic E-state index is 0.221. The first-order valence-electron chi connectivity index (χ1n) is 9.55. The van der Waals surface area contributed by atoms with Gasteiger partial charge in [0.2, 0.25) is 6.79 Å². The number of nitrogens with zero attached hydrogens (tertiary/aromatic N) is 1. The highest BCUT2D eigenvalue weighted by Gasteiger charge is 2.60. The largest absolute Gasteiger partial charge is 0.493 e. The molecule has 0 saturated carbocycles. The molecular formula is C22H25NO5. The van der Waals surface area contributed by atoms with E-state index in [4.69, 9.17) is 18.9 Å². The number of benzene rings is 2. The lowest BCUT2D eigenvalue weighted by Gasteiger charge is -2.51. The van der Waals surface area contributed by atoms with E-state index in [0.29, 0.717) is 17.9 Å². The summed E-state index contributed by atoms with van der Waals surface area (Å²) in [4.78, 5) is 2.27. The second kappa shape index (κ2) is 5.78. The van der Waals surface area contributed by atoms with E-state index in [1.54, 1.807) is 14.2 Å². The summed E-state index contributed by atoms with van der Waals surface area (Å²) < 4.78 is 22.5. The Balaban J connectivity index is 1.76. The Morgan fingerprint density at radius 2 is 1.82 bits per heavy atom. The van der Waals surface area contributed by atoms with Crippen LogP contribution < -0.4 is 18.9 Å². The fourth-order valence-corrected chi connectivity index (χ4v) is 5.37. The van der Waals surface area contributed by atoms with Crippen LogP contribution in [-0.4, -0.2) is 44.6 Å². The number of fused-ring (bicyclic) bond motifs is 5. The smallest absolute Gasteiger partial charge is 0.231 e. The summed E-state index contributed by atoms with van der Waals surface area (Å²) in [6, 6.07) is 7.95. The highest BCUT2D eigenvalue weighted by molar-refractivity contribution is 5.62. The Bertz CT molecular complexity index is 970. The predicted molar refractivity (Wildman–Crippen MR) is 103 cm³/mol. The molecule has 1 N–H and O–H groups in total. The van der Waals surface area contributed by atoms with E-state index in [9.17, 15) is 5.11 Å². The molecule has 2 aromatic rings. The van der Waals surface area contributed by atoms with Crippen molar-refractivity contribution in [2.75, 3.05) is 34.6 Å². The Hall–Kier alpha value is -2.44. The third-order valence-corrected chi connectivity index (χ3v) is 6.83. The van der Waals surface area contributed by atoms with E-state index < -0.39 is 11.1 Å². The molecule has 2 aliphatic heterocycles. The van der Waals surface area contributed by atoms with Gasteiger partial charge in [-0.2, -0.15) is 0 Å². The predicted octanol–water partition coefficient (Wildman–Crippen LogP) is 2.58. The minimum atomic E-state index is -1.10. The zero-order valence-electron chi connectivity index (χ0n) is 16.7. The van der Waals surface area contributed by atoms with E-state index >= 15 is 0 Å². The molecule has 6 nitrogen and oxygen atoms in total. The van der Waals surface area contributed by atoms with Crippen molar-refractivity contribution in [3.63, 3.8) is 0 Å². The van der Waals surface area contributed by atoms with Crippen molar-refractivity contribution in [2.45, 2.75) is 30.9 Å². The summed E-state index contributed by atoms with van der Waals surface area (Å²) in [6.07, 6.45) is 1.53. The molecule has 1 spiro atoms. The number of aliphatic hydroxyl groups is 1. The summed E-state index contributed by atoms with van der Waals surface area (Å²) in [5.41, 5.74) is 2.45. The van der Waals surface area contributed by atoms with Gasteiger partial charge in [0.15, 0.2) is 23.0 Å².